The van der Waals surface area contributed by atoms with Gasteiger partial charge >= 0.3 is 0 Å². The monoisotopic (exact) mass is 258 g/mol. The molecule has 0 aromatic carbocycles. The van der Waals surface area contributed by atoms with Crippen molar-refractivity contribution in [2.24, 2.45) is 11.7 Å². The Morgan fingerprint density at radius 2 is 2.32 bits per heavy atom. The number of amides is 2. The predicted octanol–water partition coefficient (Wildman–Crippen LogP) is 0.168. The zero-order valence-electron chi connectivity index (χ0n) is 10.3. The summed E-state index contributed by atoms with van der Waals surface area (Å²) in [7, 11) is 0. The Balaban J connectivity index is 1.82. The minimum atomic E-state index is -0.408. The van der Waals surface area contributed by atoms with Gasteiger partial charge in [-0.25, -0.2) is 4.98 Å². The average Bonchev–Trinajstić information content (AvgIpc) is 2.96. The second-order valence-electron chi connectivity index (χ2n) is 4.76. The summed E-state index contributed by atoms with van der Waals surface area (Å²) in [4.78, 5) is 28.9. The van der Waals surface area contributed by atoms with Crippen LogP contribution in [0.1, 0.15) is 12.1 Å². The third-order valence-corrected chi connectivity index (χ3v) is 3.46. The number of nitrogens with zero attached hydrogens (tertiary/aromatic N) is 3. The molecule has 0 bridgehead atoms. The minimum Gasteiger partial charge on any atom is -0.369 e. The number of likely N-dealkylation sites (tertiary alicyclic amines) is 1. The summed E-state index contributed by atoms with van der Waals surface area (Å²) in [5.74, 6) is -0.810. The van der Waals surface area contributed by atoms with E-state index >= 15 is 0 Å². The third-order valence-electron chi connectivity index (χ3n) is 3.46. The van der Waals surface area contributed by atoms with Crippen molar-refractivity contribution in [2.45, 2.75) is 13.0 Å². The number of primary amides is 1. The van der Waals surface area contributed by atoms with Gasteiger partial charge in [-0.15, -0.1) is 0 Å². The SMILES string of the molecule is NC(=O)C1CC(=O)N(Cc2cnc3ccccn23)C1. The van der Waals surface area contributed by atoms with E-state index in [0.29, 0.717) is 13.1 Å². The highest BCUT2D eigenvalue weighted by atomic mass is 16.2. The lowest BCUT2D eigenvalue weighted by molar-refractivity contribution is -0.128. The fourth-order valence-corrected chi connectivity index (χ4v) is 2.41. The fraction of sp³-hybridized carbons (Fsp3) is 0.308. The number of aromatic nitrogens is 2. The van der Waals surface area contributed by atoms with Gasteiger partial charge in [0.1, 0.15) is 5.65 Å². The van der Waals surface area contributed by atoms with E-state index in [9.17, 15) is 9.59 Å². The van der Waals surface area contributed by atoms with E-state index in [1.165, 1.54) is 0 Å². The first-order chi connectivity index (χ1) is 9.15. The van der Waals surface area contributed by atoms with Gasteiger partial charge in [-0.1, -0.05) is 6.07 Å². The molecule has 1 fully saturated rings. The lowest BCUT2D eigenvalue weighted by atomic mass is 10.1. The molecule has 2 amide bonds. The van der Waals surface area contributed by atoms with Gasteiger partial charge in [0.05, 0.1) is 24.4 Å². The Morgan fingerprint density at radius 3 is 3.05 bits per heavy atom. The van der Waals surface area contributed by atoms with E-state index in [0.717, 1.165) is 11.3 Å². The molecule has 19 heavy (non-hydrogen) atoms. The second-order valence-corrected chi connectivity index (χ2v) is 4.76. The van der Waals surface area contributed by atoms with Crippen LogP contribution in [-0.4, -0.2) is 32.6 Å². The van der Waals surface area contributed by atoms with Crippen molar-refractivity contribution in [2.75, 3.05) is 6.54 Å². The zero-order chi connectivity index (χ0) is 13.4. The van der Waals surface area contributed by atoms with E-state index < -0.39 is 5.91 Å². The van der Waals surface area contributed by atoms with E-state index in [-0.39, 0.29) is 18.2 Å². The molecule has 2 N–H and O–H groups in total. The van der Waals surface area contributed by atoms with E-state index in [1.54, 1.807) is 11.1 Å². The predicted molar refractivity (Wildman–Crippen MR) is 67.9 cm³/mol. The summed E-state index contributed by atoms with van der Waals surface area (Å²) in [5, 5.41) is 0. The smallest absolute Gasteiger partial charge is 0.223 e. The molecule has 6 nitrogen and oxygen atoms in total. The van der Waals surface area contributed by atoms with E-state index in [4.69, 9.17) is 5.73 Å². The van der Waals surface area contributed by atoms with E-state index in [2.05, 4.69) is 4.98 Å². The molecular weight excluding hydrogens is 244 g/mol. The van der Waals surface area contributed by atoms with Gasteiger partial charge in [-0.3, -0.25) is 9.59 Å². The first-order valence-electron chi connectivity index (χ1n) is 6.13. The molecule has 1 atom stereocenters. The molecule has 2 aromatic heterocycles. The fourth-order valence-electron chi connectivity index (χ4n) is 2.41. The van der Waals surface area contributed by atoms with Crippen molar-refractivity contribution in [3.63, 3.8) is 0 Å². The lowest BCUT2D eigenvalue weighted by Crippen LogP contribution is -2.28. The summed E-state index contributed by atoms with van der Waals surface area (Å²) in [6.45, 7) is 0.849. The Kier molecular flexibility index (Phi) is 2.70. The van der Waals surface area contributed by atoms with Gasteiger partial charge in [0.2, 0.25) is 11.8 Å². The van der Waals surface area contributed by atoms with Crippen LogP contribution in [0.3, 0.4) is 0 Å². The van der Waals surface area contributed by atoms with Gasteiger partial charge in [0.15, 0.2) is 0 Å². The van der Waals surface area contributed by atoms with Crippen LogP contribution in [0.5, 0.6) is 0 Å². The van der Waals surface area contributed by atoms with Crippen LogP contribution in [0.2, 0.25) is 0 Å². The number of fused-ring (bicyclic) bond motifs is 1. The molecule has 2 aromatic rings. The van der Waals surface area contributed by atoms with Gasteiger partial charge in [0.25, 0.3) is 0 Å². The van der Waals surface area contributed by atoms with E-state index in [1.807, 2.05) is 28.8 Å². The molecule has 98 valence electrons. The summed E-state index contributed by atoms with van der Waals surface area (Å²) < 4.78 is 1.94. The molecule has 6 heteroatoms. The maximum absolute atomic E-state index is 11.8. The number of pyridine rings is 1. The first-order valence-corrected chi connectivity index (χ1v) is 6.13. The number of imidazole rings is 1. The quantitative estimate of drug-likeness (QED) is 0.852. The largest absolute Gasteiger partial charge is 0.369 e. The Labute approximate surface area is 109 Å². The topological polar surface area (TPSA) is 80.7 Å². The van der Waals surface area contributed by atoms with Crippen molar-refractivity contribution in [1.82, 2.24) is 14.3 Å². The standard InChI is InChI=1S/C13H14N4O2/c14-13(19)9-5-12(18)16(7-9)8-10-6-15-11-3-1-2-4-17(10)11/h1-4,6,9H,5,7-8H2,(H2,14,19). The number of hydrogen-bond acceptors (Lipinski definition) is 3. The Bertz CT molecular complexity index is 649. The van der Waals surface area contributed by atoms with Crippen LogP contribution in [0.25, 0.3) is 5.65 Å². The number of rotatable bonds is 3. The van der Waals surface area contributed by atoms with Crippen LogP contribution >= 0.6 is 0 Å². The molecule has 1 aliphatic rings. The highest BCUT2D eigenvalue weighted by molar-refractivity contribution is 5.88. The molecule has 1 unspecified atom stereocenters. The Hall–Kier alpha value is -2.37. The molecule has 1 saturated heterocycles. The third kappa shape index (κ3) is 2.05. The normalized spacial score (nSPS) is 19.3. The highest BCUT2D eigenvalue weighted by Gasteiger charge is 2.33. The van der Waals surface area contributed by atoms with Gasteiger partial charge in [-0.05, 0) is 12.1 Å². The molecule has 3 heterocycles. The maximum Gasteiger partial charge on any atom is 0.223 e. The summed E-state index contributed by atoms with van der Waals surface area (Å²) in [5.41, 5.74) is 7.02. The summed E-state index contributed by atoms with van der Waals surface area (Å²) >= 11 is 0. The number of hydrogen-bond donors (Lipinski definition) is 1. The van der Waals surface area contributed by atoms with Crippen molar-refractivity contribution in [1.29, 1.82) is 0 Å². The van der Waals surface area contributed by atoms with Crippen molar-refractivity contribution >= 4 is 17.5 Å². The average molecular weight is 258 g/mol. The lowest BCUT2D eigenvalue weighted by Gasteiger charge is -2.15. The molecule has 0 aliphatic carbocycles. The molecular formula is C13H14N4O2. The number of nitrogens with two attached hydrogens (primary N) is 1. The highest BCUT2D eigenvalue weighted by Crippen LogP contribution is 2.20. The van der Waals surface area contributed by atoms with Crippen LogP contribution in [-0.2, 0) is 16.1 Å². The molecule has 0 spiro atoms. The molecule has 0 saturated carbocycles. The number of carbonyl (C=O) groups is 2. The molecule has 0 radical (unpaired) electrons. The van der Waals surface area contributed by atoms with Gasteiger partial charge < -0.3 is 15.0 Å². The van der Waals surface area contributed by atoms with Crippen molar-refractivity contribution in [3.05, 3.63) is 36.3 Å². The van der Waals surface area contributed by atoms with Crippen LogP contribution in [0.4, 0.5) is 0 Å². The van der Waals surface area contributed by atoms with Gasteiger partial charge in [-0.2, -0.15) is 0 Å². The number of carbonyl (C=O) groups excluding carboxylic acids is 2. The molecule has 1 aliphatic heterocycles. The van der Waals surface area contributed by atoms with Crippen LogP contribution < -0.4 is 5.73 Å². The minimum absolute atomic E-state index is 0.0327. The van der Waals surface area contributed by atoms with Crippen molar-refractivity contribution < 1.29 is 9.59 Å². The maximum atomic E-state index is 11.8. The van der Waals surface area contributed by atoms with Gasteiger partial charge in [0, 0.05) is 19.2 Å². The van der Waals surface area contributed by atoms with Crippen LogP contribution in [0, 0.1) is 5.92 Å². The second kappa shape index (κ2) is 4.38. The molecule has 3 rings (SSSR count). The summed E-state index contributed by atoms with van der Waals surface area (Å²) in [6.07, 6.45) is 3.87. The zero-order valence-corrected chi connectivity index (χ0v) is 10.3. The van der Waals surface area contributed by atoms with Crippen molar-refractivity contribution in [3.8, 4) is 0 Å². The first kappa shape index (κ1) is 11.7. The van der Waals surface area contributed by atoms with Crippen LogP contribution in [0.15, 0.2) is 30.6 Å². The summed E-state index contributed by atoms with van der Waals surface area (Å²) in [6, 6.07) is 5.73. The Morgan fingerprint density at radius 1 is 1.47 bits per heavy atom.